The van der Waals surface area contributed by atoms with Crippen LogP contribution in [0.15, 0.2) is 29.5 Å². The fourth-order valence-electron chi connectivity index (χ4n) is 3.98. The van der Waals surface area contributed by atoms with Crippen LogP contribution in [0.3, 0.4) is 0 Å². The molecule has 2 amide bonds. The first-order valence-corrected chi connectivity index (χ1v) is 10.1. The second-order valence-corrected chi connectivity index (χ2v) is 7.72. The lowest BCUT2D eigenvalue weighted by Gasteiger charge is -2.34. The van der Waals surface area contributed by atoms with Gasteiger partial charge in [0.05, 0.1) is 18.2 Å². The van der Waals surface area contributed by atoms with Gasteiger partial charge in [0.2, 0.25) is 6.79 Å². The summed E-state index contributed by atoms with van der Waals surface area (Å²) in [5, 5.41) is 5.71. The molecule has 3 aliphatic rings. The molecule has 0 radical (unpaired) electrons. The van der Waals surface area contributed by atoms with Crippen molar-refractivity contribution >= 4 is 12.0 Å². The normalized spacial score (nSPS) is 22.3. The number of hydrogen-bond donors (Lipinski definition) is 2. The summed E-state index contributed by atoms with van der Waals surface area (Å²) in [7, 11) is 0. The van der Waals surface area contributed by atoms with Gasteiger partial charge in [0.15, 0.2) is 11.5 Å². The fraction of sp³-hybridized carbons (Fsp3) is 0.524. The zero-order valence-corrected chi connectivity index (χ0v) is 16.8. The van der Waals surface area contributed by atoms with Crippen molar-refractivity contribution in [2.75, 3.05) is 33.0 Å². The van der Waals surface area contributed by atoms with Crippen LogP contribution < -0.4 is 20.1 Å². The van der Waals surface area contributed by atoms with E-state index in [4.69, 9.17) is 14.2 Å². The molecule has 8 nitrogen and oxygen atoms in total. The molecule has 3 aliphatic heterocycles. The average molecular weight is 401 g/mol. The van der Waals surface area contributed by atoms with E-state index < -0.39 is 12.0 Å². The van der Waals surface area contributed by atoms with Crippen molar-refractivity contribution in [2.24, 2.45) is 5.92 Å². The molecule has 0 bridgehead atoms. The van der Waals surface area contributed by atoms with Gasteiger partial charge >= 0.3 is 12.0 Å². The van der Waals surface area contributed by atoms with Crippen molar-refractivity contribution in [3.63, 3.8) is 0 Å². The van der Waals surface area contributed by atoms with Gasteiger partial charge < -0.3 is 24.8 Å². The minimum atomic E-state index is -0.615. The zero-order chi connectivity index (χ0) is 20.4. The lowest BCUT2D eigenvalue weighted by Crippen LogP contribution is -2.49. The van der Waals surface area contributed by atoms with E-state index in [-0.39, 0.29) is 19.4 Å². The zero-order valence-electron chi connectivity index (χ0n) is 16.8. The minimum Gasteiger partial charge on any atom is -0.463 e. The van der Waals surface area contributed by atoms with E-state index in [0.717, 1.165) is 31.5 Å². The van der Waals surface area contributed by atoms with Crippen LogP contribution in [-0.4, -0.2) is 49.9 Å². The van der Waals surface area contributed by atoms with Gasteiger partial charge in [0.1, 0.15) is 0 Å². The second-order valence-electron chi connectivity index (χ2n) is 7.72. The predicted octanol–water partition coefficient (Wildman–Crippen LogP) is 2.32. The Labute approximate surface area is 170 Å². The Morgan fingerprint density at radius 3 is 2.76 bits per heavy atom. The molecular weight excluding hydrogens is 374 g/mol. The van der Waals surface area contributed by atoms with E-state index in [1.807, 2.05) is 6.07 Å². The maximum atomic E-state index is 12.9. The van der Waals surface area contributed by atoms with Crippen LogP contribution in [0.1, 0.15) is 38.3 Å². The number of ether oxygens (including phenoxy) is 3. The third kappa shape index (κ3) is 4.17. The molecule has 4 rings (SSSR count). The van der Waals surface area contributed by atoms with E-state index in [1.54, 1.807) is 19.1 Å². The molecule has 1 saturated heterocycles. The molecule has 2 N–H and O–H groups in total. The van der Waals surface area contributed by atoms with Gasteiger partial charge in [-0.25, -0.2) is 9.59 Å². The SMILES string of the molecule is CCOC(=O)C1=C(CN2CCC(C)CC2)NC(=O)NC1c1ccc2c(c1)OCO2. The highest BCUT2D eigenvalue weighted by Gasteiger charge is 2.35. The van der Waals surface area contributed by atoms with E-state index >= 15 is 0 Å². The lowest BCUT2D eigenvalue weighted by atomic mass is 9.94. The molecule has 0 aliphatic carbocycles. The van der Waals surface area contributed by atoms with E-state index in [0.29, 0.717) is 35.2 Å². The quantitative estimate of drug-likeness (QED) is 0.736. The number of esters is 1. The number of urea groups is 1. The van der Waals surface area contributed by atoms with Crippen LogP contribution in [-0.2, 0) is 9.53 Å². The highest BCUT2D eigenvalue weighted by atomic mass is 16.7. The highest BCUT2D eigenvalue weighted by molar-refractivity contribution is 5.95. The molecule has 156 valence electrons. The Kier molecular flexibility index (Phi) is 5.62. The predicted molar refractivity (Wildman–Crippen MR) is 105 cm³/mol. The molecule has 1 fully saturated rings. The third-order valence-corrected chi connectivity index (χ3v) is 5.64. The number of carbonyl (C=O) groups excluding carboxylic acids is 2. The summed E-state index contributed by atoms with van der Waals surface area (Å²) < 4.78 is 16.2. The van der Waals surface area contributed by atoms with Gasteiger partial charge in [-0.15, -0.1) is 0 Å². The van der Waals surface area contributed by atoms with Crippen molar-refractivity contribution in [1.29, 1.82) is 0 Å². The maximum absolute atomic E-state index is 12.9. The Bertz CT molecular complexity index is 830. The molecule has 1 unspecified atom stereocenters. The fourth-order valence-corrected chi connectivity index (χ4v) is 3.98. The van der Waals surface area contributed by atoms with Gasteiger partial charge in [-0.2, -0.15) is 0 Å². The standard InChI is InChI=1S/C21H27N3O5/c1-3-27-20(25)18-15(11-24-8-6-13(2)7-9-24)22-21(26)23-19(18)14-4-5-16-17(10-14)29-12-28-16/h4-5,10,13,19H,3,6-9,11-12H2,1-2H3,(H2,22,23,26). The third-order valence-electron chi connectivity index (χ3n) is 5.64. The topological polar surface area (TPSA) is 89.1 Å². The first-order valence-electron chi connectivity index (χ1n) is 10.1. The molecule has 29 heavy (non-hydrogen) atoms. The van der Waals surface area contributed by atoms with Crippen molar-refractivity contribution in [3.05, 3.63) is 35.0 Å². The van der Waals surface area contributed by atoms with E-state index in [2.05, 4.69) is 22.5 Å². The lowest BCUT2D eigenvalue weighted by molar-refractivity contribution is -0.139. The molecule has 1 atom stereocenters. The number of nitrogens with zero attached hydrogens (tertiary/aromatic N) is 1. The number of likely N-dealkylation sites (tertiary alicyclic amines) is 1. The summed E-state index contributed by atoms with van der Waals surface area (Å²) in [6, 6.07) is 4.48. The first-order chi connectivity index (χ1) is 14.0. The molecule has 0 aromatic heterocycles. The molecule has 8 heteroatoms. The Balaban J connectivity index is 1.68. The number of rotatable bonds is 5. The molecule has 1 aromatic rings. The van der Waals surface area contributed by atoms with Crippen LogP contribution in [0.25, 0.3) is 0 Å². The number of benzene rings is 1. The number of fused-ring (bicyclic) bond motifs is 1. The van der Waals surface area contributed by atoms with Crippen molar-refractivity contribution in [2.45, 2.75) is 32.7 Å². The van der Waals surface area contributed by atoms with Crippen molar-refractivity contribution in [3.8, 4) is 11.5 Å². The Hall–Kier alpha value is -2.74. The van der Waals surface area contributed by atoms with Gasteiger partial charge in [-0.1, -0.05) is 13.0 Å². The summed E-state index contributed by atoms with van der Waals surface area (Å²) in [5.41, 5.74) is 1.78. The summed E-state index contributed by atoms with van der Waals surface area (Å²) in [6.45, 7) is 6.85. The molecule has 0 spiro atoms. The smallest absolute Gasteiger partial charge is 0.338 e. The average Bonchev–Trinajstić information content (AvgIpc) is 3.17. The van der Waals surface area contributed by atoms with Crippen molar-refractivity contribution in [1.82, 2.24) is 15.5 Å². The number of nitrogens with one attached hydrogen (secondary N) is 2. The first kappa shape index (κ1) is 19.6. The monoisotopic (exact) mass is 401 g/mol. The van der Waals surface area contributed by atoms with E-state index in [9.17, 15) is 9.59 Å². The highest BCUT2D eigenvalue weighted by Crippen LogP contribution is 2.37. The molecular formula is C21H27N3O5. The van der Waals surface area contributed by atoms with E-state index in [1.165, 1.54) is 0 Å². The van der Waals surface area contributed by atoms with Crippen LogP contribution >= 0.6 is 0 Å². The second kappa shape index (κ2) is 8.32. The molecule has 0 saturated carbocycles. The molecule has 3 heterocycles. The maximum Gasteiger partial charge on any atom is 0.338 e. The van der Waals surface area contributed by atoms with Gasteiger partial charge in [-0.3, -0.25) is 4.90 Å². The molecule has 1 aromatic carbocycles. The van der Waals surface area contributed by atoms with Crippen LogP contribution in [0.5, 0.6) is 11.5 Å². The largest absolute Gasteiger partial charge is 0.463 e. The number of hydrogen-bond acceptors (Lipinski definition) is 6. The summed E-state index contributed by atoms with van der Waals surface area (Å²) >= 11 is 0. The summed E-state index contributed by atoms with van der Waals surface area (Å²) in [6.07, 6.45) is 2.22. The summed E-state index contributed by atoms with van der Waals surface area (Å²) in [4.78, 5) is 27.6. The van der Waals surface area contributed by atoms with Crippen LogP contribution in [0.4, 0.5) is 4.79 Å². The van der Waals surface area contributed by atoms with Gasteiger partial charge in [-0.05, 0) is 56.5 Å². The van der Waals surface area contributed by atoms with Gasteiger partial charge in [0.25, 0.3) is 0 Å². The van der Waals surface area contributed by atoms with Crippen molar-refractivity contribution < 1.29 is 23.8 Å². The Morgan fingerprint density at radius 2 is 2.00 bits per heavy atom. The van der Waals surface area contributed by atoms with Crippen LogP contribution in [0.2, 0.25) is 0 Å². The van der Waals surface area contributed by atoms with Gasteiger partial charge in [0, 0.05) is 12.2 Å². The Morgan fingerprint density at radius 1 is 1.24 bits per heavy atom. The summed E-state index contributed by atoms with van der Waals surface area (Å²) in [5.74, 6) is 1.53. The number of amides is 2. The van der Waals surface area contributed by atoms with Crippen LogP contribution in [0, 0.1) is 5.92 Å². The number of carbonyl (C=O) groups is 2. The number of piperidine rings is 1. The minimum absolute atomic E-state index is 0.163.